The third-order valence-electron chi connectivity index (χ3n) is 4.24. The highest BCUT2D eigenvalue weighted by molar-refractivity contribution is 5.96. The van der Waals surface area contributed by atoms with Crippen LogP contribution in [0.2, 0.25) is 0 Å². The highest BCUT2D eigenvalue weighted by Gasteiger charge is 2.23. The molecule has 29 heavy (non-hydrogen) atoms. The Balaban J connectivity index is 1.74. The summed E-state index contributed by atoms with van der Waals surface area (Å²) >= 11 is 0. The van der Waals surface area contributed by atoms with E-state index in [9.17, 15) is 14.4 Å². The Morgan fingerprint density at radius 1 is 0.966 bits per heavy atom. The number of amides is 1. The average molecular weight is 395 g/mol. The van der Waals surface area contributed by atoms with Crippen molar-refractivity contribution in [3.05, 3.63) is 71.0 Å². The highest BCUT2D eigenvalue weighted by Crippen LogP contribution is 2.27. The molecule has 0 aliphatic rings. The number of furan rings is 1. The maximum absolute atomic E-state index is 12.4. The molecule has 0 fully saturated rings. The van der Waals surface area contributed by atoms with Gasteiger partial charge >= 0.3 is 11.9 Å². The second kappa shape index (κ2) is 9.05. The molecule has 1 amide bonds. The zero-order chi connectivity index (χ0) is 20.8. The van der Waals surface area contributed by atoms with Crippen LogP contribution in [-0.2, 0) is 27.4 Å². The van der Waals surface area contributed by atoms with Crippen LogP contribution >= 0.6 is 0 Å². The van der Waals surface area contributed by atoms with Gasteiger partial charge < -0.3 is 19.2 Å². The summed E-state index contributed by atoms with van der Waals surface area (Å²) < 4.78 is 16.1. The molecule has 0 saturated heterocycles. The van der Waals surface area contributed by atoms with Crippen LogP contribution in [0.15, 0.2) is 52.9 Å². The molecule has 3 rings (SSSR count). The molecule has 7 nitrogen and oxygen atoms in total. The third kappa shape index (κ3) is 4.82. The normalized spacial score (nSPS) is 10.6. The second-order valence-corrected chi connectivity index (χ2v) is 6.31. The van der Waals surface area contributed by atoms with Gasteiger partial charge in [0, 0.05) is 18.9 Å². The minimum atomic E-state index is -0.600. The average Bonchev–Trinajstić information content (AvgIpc) is 3.10. The molecule has 3 aromatic rings. The monoisotopic (exact) mass is 395 g/mol. The van der Waals surface area contributed by atoms with Gasteiger partial charge in [-0.3, -0.25) is 4.79 Å². The molecule has 0 unspecified atom stereocenters. The van der Waals surface area contributed by atoms with Crippen molar-refractivity contribution in [2.24, 2.45) is 0 Å². The van der Waals surface area contributed by atoms with Gasteiger partial charge in [-0.05, 0) is 30.7 Å². The van der Waals surface area contributed by atoms with Crippen LogP contribution in [-0.4, -0.2) is 24.5 Å². The molecule has 0 saturated carbocycles. The lowest BCUT2D eigenvalue weighted by Crippen LogP contribution is -2.18. The van der Waals surface area contributed by atoms with Crippen LogP contribution in [0.5, 0.6) is 0 Å². The summed E-state index contributed by atoms with van der Waals surface area (Å²) in [7, 11) is 0. The van der Waals surface area contributed by atoms with Crippen molar-refractivity contribution in [2.45, 2.75) is 27.0 Å². The number of carbonyl (C=O) groups is 3. The van der Waals surface area contributed by atoms with Gasteiger partial charge in [0.1, 0.15) is 12.2 Å². The van der Waals surface area contributed by atoms with Crippen LogP contribution in [0.4, 0.5) is 0 Å². The number of benzene rings is 2. The first-order valence-electron chi connectivity index (χ1n) is 9.17. The van der Waals surface area contributed by atoms with Crippen LogP contribution in [0.3, 0.4) is 0 Å². The first-order chi connectivity index (χ1) is 14.0. The van der Waals surface area contributed by atoms with Gasteiger partial charge in [0.15, 0.2) is 0 Å². The van der Waals surface area contributed by atoms with E-state index in [0.29, 0.717) is 28.6 Å². The van der Waals surface area contributed by atoms with Gasteiger partial charge in [0.25, 0.3) is 0 Å². The maximum Gasteiger partial charge on any atom is 0.374 e. The summed E-state index contributed by atoms with van der Waals surface area (Å²) in [5, 5.41) is 3.38. The fourth-order valence-electron chi connectivity index (χ4n) is 2.81. The van der Waals surface area contributed by atoms with Crippen LogP contribution in [0, 0.1) is 0 Å². The smallest absolute Gasteiger partial charge is 0.374 e. The number of ether oxygens (including phenoxy) is 2. The number of rotatable bonds is 7. The van der Waals surface area contributed by atoms with E-state index < -0.39 is 11.9 Å². The summed E-state index contributed by atoms with van der Waals surface area (Å²) in [4.78, 5) is 35.6. The van der Waals surface area contributed by atoms with Gasteiger partial charge in [-0.15, -0.1) is 0 Å². The van der Waals surface area contributed by atoms with E-state index in [-0.39, 0.29) is 24.9 Å². The first-order valence-corrected chi connectivity index (χ1v) is 9.17. The van der Waals surface area contributed by atoms with Crippen molar-refractivity contribution >= 4 is 28.8 Å². The number of nitrogens with one attached hydrogen (secondary N) is 1. The van der Waals surface area contributed by atoms with Crippen molar-refractivity contribution in [1.82, 2.24) is 5.32 Å². The first kappa shape index (κ1) is 20.1. The summed E-state index contributed by atoms with van der Waals surface area (Å²) in [5.41, 5.74) is 2.21. The lowest BCUT2D eigenvalue weighted by Gasteiger charge is -2.07. The Hall–Kier alpha value is -3.61. The molecule has 7 heteroatoms. The standard InChI is InChI=1S/C22H21NO6/c1-3-27-22(26)20-18(17-6-4-5-7-19(17)29-20)13-28-21(25)16-10-8-15(9-11-16)12-23-14(2)24/h4-11H,3,12-13H2,1-2H3,(H,23,24). The molecule has 0 aliphatic heterocycles. The van der Waals surface area contributed by atoms with E-state index in [1.165, 1.54) is 6.92 Å². The van der Waals surface area contributed by atoms with E-state index in [1.807, 2.05) is 6.07 Å². The summed E-state index contributed by atoms with van der Waals surface area (Å²) in [6.07, 6.45) is 0. The SMILES string of the molecule is CCOC(=O)c1oc2ccccc2c1COC(=O)c1ccc(CNC(C)=O)cc1. The number of esters is 2. The van der Waals surface area contributed by atoms with E-state index in [4.69, 9.17) is 13.9 Å². The number of carbonyl (C=O) groups excluding carboxylic acids is 3. The Morgan fingerprint density at radius 2 is 1.69 bits per heavy atom. The minimum Gasteiger partial charge on any atom is -0.460 e. The number of para-hydroxylation sites is 1. The number of fused-ring (bicyclic) bond motifs is 1. The van der Waals surface area contributed by atoms with Crippen molar-refractivity contribution in [3.63, 3.8) is 0 Å². The van der Waals surface area contributed by atoms with Crippen LogP contribution < -0.4 is 5.32 Å². The Labute approximate surface area is 167 Å². The number of hydrogen-bond donors (Lipinski definition) is 1. The van der Waals surface area contributed by atoms with Gasteiger partial charge in [-0.2, -0.15) is 0 Å². The van der Waals surface area contributed by atoms with Gasteiger partial charge in [0.2, 0.25) is 11.7 Å². The second-order valence-electron chi connectivity index (χ2n) is 6.31. The van der Waals surface area contributed by atoms with Crippen molar-refractivity contribution in [1.29, 1.82) is 0 Å². The molecule has 0 atom stereocenters. The van der Waals surface area contributed by atoms with Crippen molar-refractivity contribution in [2.75, 3.05) is 6.61 Å². The molecule has 0 radical (unpaired) electrons. The van der Waals surface area contributed by atoms with E-state index >= 15 is 0 Å². The van der Waals surface area contributed by atoms with E-state index in [2.05, 4.69) is 5.32 Å². The number of hydrogen-bond acceptors (Lipinski definition) is 6. The van der Waals surface area contributed by atoms with Crippen molar-refractivity contribution in [3.8, 4) is 0 Å². The predicted molar refractivity (Wildman–Crippen MR) is 105 cm³/mol. The molecule has 1 aromatic heterocycles. The summed E-state index contributed by atoms with van der Waals surface area (Å²) in [6, 6.07) is 13.9. The highest BCUT2D eigenvalue weighted by atomic mass is 16.5. The Morgan fingerprint density at radius 3 is 2.38 bits per heavy atom. The fourth-order valence-corrected chi connectivity index (χ4v) is 2.81. The molecule has 150 valence electrons. The van der Waals surface area contributed by atoms with Crippen LogP contribution in [0.25, 0.3) is 11.0 Å². The molecule has 1 heterocycles. The quantitative estimate of drug-likeness (QED) is 0.614. The van der Waals surface area contributed by atoms with Crippen molar-refractivity contribution < 1.29 is 28.3 Å². The lowest BCUT2D eigenvalue weighted by molar-refractivity contribution is -0.119. The lowest BCUT2D eigenvalue weighted by atomic mass is 10.1. The van der Waals surface area contributed by atoms with Gasteiger partial charge in [-0.25, -0.2) is 9.59 Å². The Kier molecular flexibility index (Phi) is 6.29. The zero-order valence-corrected chi connectivity index (χ0v) is 16.2. The van der Waals surface area contributed by atoms with Gasteiger partial charge in [-0.1, -0.05) is 30.3 Å². The maximum atomic E-state index is 12.4. The Bertz CT molecular complexity index is 1040. The van der Waals surface area contributed by atoms with Crippen LogP contribution in [0.1, 0.15) is 45.9 Å². The molecular weight excluding hydrogens is 374 g/mol. The van der Waals surface area contributed by atoms with E-state index in [1.54, 1.807) is 49.4 Å². The topological polar surface area (TPSA) is 94.8 Å². The summed E-state index contributed by atoms with van der Waals surface area (Å²) in [6.45, 7) is 3.61. The summed E-state index contributed by atoms with van der Waals surface area (Å²) in [5.74, 6) is -1.22. The molecular formula is C22H21NO6. The molecule has 0 spiro atoms. The largest absolute Gasteiger partial charge is 0.460 e. The third-order valence-corrected chi connectivity index (χ3v) is 4.24. The minimum absolute atomic E-state index is 0.0338. The zero-order valence-electron chi connectivity index (χ0n) is 16.2. The molecule has 1 N–H and O–H groups in total. The molecule has 2 aromatic carbocycles. The van der Waals surface area contributed by atoms with Gasteiger partial charge in [0.05, 0.1) is 17.7 Å². The fraction of sp³-hybridized carbons (Fsp3) is 0.227. The molecule has 0 aliphatic carbocycles. The van der Waals surface area contributed by atoms with E-state index in [0.717, 1.165) is 5.56 Å². The molecule has 0 bridgehead atoms. The predicted octanol–water partition coefficient (Wildman–Crippen LogP) is 3.60.